The summed E-state index contributed by atoms with van der Waals surface area (Å²) in [5.41, 5.74) is -0.490. The Labute approximate surface area is 114 Å². The molecule has 1 N–H and O–H groups in total. The van der Waals surface area contributed by atoms with Crippen LogP contribution in [0.2, 0.25) is 0 Å². The minimum Gasteiger partial charge on any atom is -0.390 e. The molecule has 2 heterocycles. The normalized spacial score (nSPS) is 39.8. The van der Waals surface area contributed by atoms with Crippen LogP contribution in [0.1, 0.15) is 77.6 Å². The summed E-state index contributed by atoms with van der Waals surface area (Å²) in [6.07, 6.45) is 12.1. The highest BCUT2D eigenvalue weighted by atomic mass is 32.2. The third-order valence-electron chi connectivity index (χ3n) is 4.67. The van der Waals surface area contributed by atoms with E-state index in [1.165, 1.54) is 32.1 Å². The van der Waals surface area contributed by atoms with Crippen molar-refractivity contribution in [2.24, 2.45) is 0 Å². The maximum Gasteiger partial charge on any atom is 0.0670 e. The lowest BCUT2D eigenvalue weighted by Gasteiger charge is -2.43. The standard InChI is InChI=1S/C15H28O2S/c1-2-3-4-5-6-10-15(16)11-13-8-7-9-14(12-15)18(13)17/h13-14,16H,2-12H2,1H3. The van der Waals surface area contributed by atoms with E-state index in [0.29, 0.717) is 0 Å². The van der Waals surface area contributed by atoms with Crippen LogP contribution < -0.4 is 0 Å². The lowest BCUT2D eigenvalue weighted by atomic mass is 9.82. The van der Waals surface area contributed by atoms with Gasteiger partial charge in [0, 0.05) is 21.3 Å². The molecule has 2 unspecified atom stereocenters. The smallest absolute Gasteiger partial charge is 0.0670 e. The van der Waals surface area contributed by atoms with Crippen LogP contribution in [0.5, 0.6) is 0 Å². The van der Waals surface area contributed by atoms with Crippen molar-refractivity contribution in [3.8, 4) is 0 Å². The first-order chi connectivity index (χ1) is 8.64. The van der Waals surface area contributed by atoms with Crippen molar-refractivity contribution >= 4 is 10.8 Å². The van der Waals surface area contributed by atoms with Gasteiger partial charge in [0.15, 0.2) is 0 Å². The van der Waals surface area contributed by atoms with E-state index >= 15 is 0 Å². The van der Waals surface area contributed by atoms with Crippen molar-refractivity contribution in [3.05, 3.63) is 0 Å². The number of rotatable bonds is 6. The molecular formula is C15H28O2S. The molecule has 2 saturated heterocycles. The molecule has 18 heavy (non-hydrogen) atoms. The first-order valence-electron chi connectivity index (χ1n) is 7.76. The predicted molar refractivity (Wildman–Crippen MR) is 77.1 cm³/mol. The Hall–Kier alpha value is 0.110. The highest BCUT2D eigenvalue weighted by Crippen LogP contribution is 2.41. The van der Waals surface area contributed by atoms with Crippen molar-refractivity contribution in [1.82, 2.24) is 0 Å². The minimum absolute atomic E-state index is 0.290. The van der Waals surface area contributed by atoms with Crippen molar-refractivity contribution in [3.63, 3.8) is 0 Å². The van der Waals surface area contributed by atoms with Crippen LogP contribution in [-0.4, -0.2) is 25.4 Å². The van der Waals surface area contributed by atoms with Crippen LogP contribution >= 0.6 is 0 Å². The van der Waals surface area contributed by atoms with Gasteiger partial charge in [-0.15, -0.1) is 0 Å². The molecule has 0 saturated carbocycles. The van der Waals surface area contributed by atoms with Crippen LogP contribution in [0.3, 0.4) is 0 Å². The third kappa shape index (κ3) is 3.57. The largest absolute Gasteiger partial charge is 0.390 e. The summed E-state index contributed by atoms with van der Waals surface area (Å²) in [5, 5.41) is 11.3. The summed E-state index contributed by atoms with van der Waals surface area (Å²) in [5.74, 6) is 0. The van der Waals surface area contributed by atoms with Crippen molar-refractivity contribution in [1.29, 1.82) is 0 Å². The van der Waals surface area contributed by atoms with Gasteiger partial charge in [-0.05, 0) is 32.1 Å². The fraction of sp³-hybridized carbons (Fsp3) is 1.00. The zero-order valence-electron chi connectivity index (χ0n) is 11.7. The average molecular weight is 272 g/mol. The Bertz CT molecular complexity index is 274. The van der Waals surface area contributed by atoms with E-state index < -0.39 is 16.4 Å². The predicted octanol–water partition coefficient (Wildman–Crippen LogP) is 3.54. The Morgan fingerprint density at radius 1 is 1.11 bits per heavy atom. The summed E-state index contributed by atoms with van der Waals surface area (Å²) >= 11 is 0. The lowest BCUT2D eigenvalue weighted by molar-refractivity contribution is 0.000878. The Kier molecular flexibility index (Phi) is 5.25. The van der Waals surface area contributed by atoms with E-state index in [-0.39, 0.29) is 10.5 Å². The van der Waals surface area contributed by atoms with E-state index in [0.717, 1.165) is 38.5 Å². The maximum atomic E-state index is 12.1. The van der Waals surface area contributed by atoms with Gasteiger partial charge >= 0.3 is 0 Å². The van der Waals surface area contributed by atoms with Crippen LogP contribution in [-0.2, 0) is 10.8 Å². The third-order valence-corrected chi connectivity index (χ3v) is 6.79. The molecule has 0 amide bonds. The highest BCUT2D eigenvalue weighted by Gasteiger charge is 2.44. The van der Waals surface area contributed by atoms with Crippen LogP contribution in [0, 0.1) is 0 Å². The summed E-state index contributed by atoms with van der Waals surface area (Å²) in [7, 11) is -0.653. The van der Waals surface area contributed by atoms with Gasteiger partial charge in [-0.2, -0.15) is 0 Å². The number of fused-ring (bicyclic) bond motifs is 2. The molecule has 0 aromatic carbocycles. The molecule has 0 spiro atoms. The average Bonchev–Trinajstić information content (AvgIpc) is 2.31. The second-order valence-corrected chi connectivity index (χ2v) is 8.29. The fourth-order valence-corrected chi connectivity index (χ4v) is 5.93. The van der Waals surface area contributed by atoms with Crippen LogP contribution in [0.25, 0.3) is 0 Å². The van der Waals surface area contributed by atoms with Crippen molar-refractivity contribution < 1.29 is 9.32 Å². The number of hydrogen-bond acceptors (Lipinski definition) is 2. The summed E-state index contributed by atoms with van der Waals surface area (Å²) in [6.45, 7) is 2.23. The molecule has 0 radical (unpaired) electrons. The second kappa shape index (κ2) is 6.51. The van der Waals surface area contributed by atoms with Gasteiger partial charge in [0.05, 0.1) is 5.60 Å². The number of aliphatic hydroxyl groups is 1. The van der Waals surface area contributed by atoms with E-state index in [9.17, 15) is 9.32 Å². The molecule has 2 bridgehead atoms. The molecule has 3 heteroatoms. The fourth-order valence-electron chi connectivity index (χ4n) is 3.64. The monoisotopic (exact) mass is 272 g/mol. The van der Waals surface area contributed by atoms with Gasteiger partial charge in [0.2, 0.25) is 0 Å². The topological polar surface area (TPSA) is 37.3 Å². The molecule has 2 fully saturated rings. The molecule has 2 atom stereocenters. The zero-order chi connectivity index (χ0) is 13.0. The van der Waals surface area contributed by atoms with E-state index in [4.69, 9.17) is 0 Å². The van der Waals surface area contributed by atoms with Gasteiger partial charge in [-0.25, -0.2) is 0 Å². The molecule has 2 aliphatic rings. The molecular weight excluding hydrogens is 244 g/mol. The van der Waals surface area contributed by atoms with Gasteiger partial charge in [0.25, 0.3) is 0 Å². The van der Waals surface area contributed by atoms with Gasteiger partial charge in [0.1, 0.15) is 0 Å². The van der Waals surface area contributed by atoms with E-state index in [2.05, 4.69) is 6.92 Å². The van der Waals surface area contributed by atoms with Crippen molar-refractivity contribution in [2.45, 2.75) is 93.7 Å². The van der Waals surface area contributed by atoms with E-state index in [1.807, 2.05) is 0 Å². The Morgan fingerprint density at radius 3 is 2.33 bits per heavy atom. The molecule has 0 aromatic heterocycles. The summed E-state index contributed by atoms with van der Waals surface area (Å²) in [6, 6.07) is 0. The molecule has 0 aliphatic carbocycles. The zero-order valence-corrected chi connectivity index (χ0v) is 12.5. The van der Waals surface area contributed by atoms with Gasteiger partial charge in [-0.1, -0.05) is 45.4 Å². The van der Waals surface area contributed by atoms with Crippen LogP contribution in [0.15, 0.2) is 0 Å². The summed E-state index contributed by atoms with van der Waals surface area (Å²) in [4.78, 5) is 0. The van der Waals surface area contributed by atoms with Crippen molar-refractivity contribution in [2.75, 3.05) is 0 Å². The number of unbranched alkanes of at least 4 members (excludes halogenated alkanes) is 4. The Morgan fingerprint density at radius 2 is 1.72 bits per heavy atom. The summed E-state index contributed by atoms with van der Waals surface area (Å²) < 4.78 is 12.1. The van der Waals surface area contributed by atoms with Gasteiger partial charge in [-0.3, -0.25) is 4.21 Å². The quantitative estimate of drug-likeness (QED) is 0.751. The van der Waals surface area contributed by atoms with Gasteiger partial charge < -0.3 is 5.11 Å². The first kappa shape index (κ1) is 14.5. The molecule has 2 aliphatic heterocycles. The second-order valence-electron chi connectivity index (χ2n) is 6.30. The molecule has 2 nitrogen and oxygen atoms in total. The maximum absolute atomic E-state index is 12.1. The highest BCUT2D eigenvalue weighted by molar-refractivity contribution is 7.86. The minimum atomic E-state index is -0.653. The van der Waals surface area contributed by atoms with Crippen LogP contribution in [0.4, 0.5) is 0 Å². The Balaban J connectivity index is 1.79. The molecule has 106 valence electrons. The molecule has 2 rings (SSSR count). The molecule has 0 aromatic rings. The number of hydrogen-bond donors (Lipinski definition) is 1. The van der Waals surface area contributed by atoms with E-state index in [1.54, 1.807) is 0 Å². The SMILES string of the molecule is CCCCCCCC1(O)CC2CCCC(C1)S2=O. The first-order valence-corrected chi connectivity index (χ1v) is 9.04. The lowest BCUT2D eigenvalue weighted by Crippen LogP contribution is -2.48.